The van der Waals surface area contributed by atoms with Crippen molar-refractivity contribution in [2.24, 2.45) is 0 Å². The maximum Gasteiger partial charge on any atom is 0.234 e. The van der Waals surface area contributed by atoms with Crippen LogP contribution in [0, 0.1) is 0 Å². The summed E-state index contributed by atoms with van der Waals surface area (Å²) < 4.78 is 1.96. The topological polar surface area (TPSA) is 71.8 Å². The van der Waals surface area contributed by atoms with Crippen LogP contribution in [0.2, 0.25) is 5.02 Å². The number of rotatable bonds is 8. The molecule has 6 nitrogen and oxygen atoms in total. The van der Waals surface area contributed by atoms with Gasteiger partial charge < -0.3 is 10.6 Å². The molecule has 0 aliphatic heterocycles. The second kappa shape index (κ2) is 10.1. The Morgan fingerprint density at radius 2 is 1.55 bits per heavy atom. The number of thioether (sulfide) groups is 1. The fourth-order valence-electron chi connectivity index (χ4n) is 2.94. The summed E-state index contributed by atoms with van der Waals surface area (Å²) in [6.07, 6.45) is 0. The first-order chi connectivity index (χ1) is 15.2. The molecular weight excluding hydrogens is 430 g/mol. The molecule has 0 radical (unpaired) electrons. The van der Waals surface area contributed by atoms with Gasteiger partial charge in [-0.3, -0.25) is 9.36 Å². The highest BCUT2D eigenvalue weighted by Gasteiger charge is 2.16. The van der Waals surface area contributed by atoms with Gasteiger partial charge in [0, 0.05) is 22.1 Å². The van der Waals surface area contributed by atoms with Crippen molar-refractivity contribution in [3.8, 4) is 5.69 Å². The van der Waals surface area contributed by atoms with E-state index in [4.69, 9.17) is 11.6 Å². The number of amides is 1. The van der Waals surface area contributed by atoms with Crippen LogP contribution >= 0.6 is 23.4 Å². The number of aromatic nitrogens is 3. The molecule has 0 bridgehead atoms. The number of carbonyl (C=O) groups excluding carboxylic acids is 1. The number of anilines is 2. The van der Waals surface area contributed by atoms with Crippen LogP contribution in [-0.4, -0.2) is 26.4 Å². The molecule has 0 atom stereocenters. The highest BCUT2D eigenvalue weighted by molar-refractivity contribution is 7.99. The van der Waals surface area contributed by atoms with Gasteiger partial charge in [-0.25, -0.2) is 0 Å². The summed E-state index contributed by atoms with van der Waals surface area (Å²) in [6, 6.07) is 26.7. The van der Waals surface area contributed by atoms with E-state index in [0.717, 1.165) is 22.9 Å². The van der Waals surface area contributed by atoms with Crippen LogP contribution in [0.3, 0.4) is 0 Å². The third kappa shape index (κ3) is 5.65. The fourth-order valence-corrected chi connectivity index (χ4v) is 3.84. The molecule has 3 aromatic carbocycles. The summed E-state index contributed by atoms with van der Waals surface area (Å²) in [5.41, 5.74) is 2.64. The quantitative estimate of drug-likeness (QED) is 0.359. The van der Waals surface area contributed by atoms with E-state index in [0.29, 0.717) is 16.7 Å². The molecule has 156 valence electrons. The van der Waals surface area contributed by atoms with Crippen molar-refractivity contribution >= 4 is 40.6 Å². The van der Waals surface area contributed by atoms with Crippen LogP contribution in [0.25, 0.3) is 5.69 Å². The molecule has 0 spiro atoms. The Morgan fingerprint density at radius 3 is 2.26 bits per heavy atom. The number of hydrogen-bond donors (Lipinski definition) is 2. The largest absolute Gasteiger partial charge is 0.378 e. The van der Waals surface area contributed by atoms with Gasteiger partial charge in [0.2, 0.25) is 5.91 Å². The van der Waals surface area contributed by atoms with E-state index in [-0.39, 0.29) is 11.7 Å². The zero-order valence-corrected chi connectivity index (χ0v) is 18.1. The van der Waals surface area contributed by atoms with Crippen LogP contribution in [-0.2, 0) is 11.3 Å². The van der Waals surface area contributed by atoms with Crippen molar-refractivity contribution < 1.29 is 4.79 Å². The number of hydrogen-bond acceptors (Lipinski definition) is 5. The minimum Gasteiger partial charge on any atom is -0.378 e. The Hall–Kier alpha value is -3.29. The van der Waals surface area contributed by atoms with E-state index in [1.807, 2.05) is 89.5 Å². The molecule has 2 N–H and O–H groups in total. The van der Waals surface area contributed by atoms with Crippen LogP contribution in [0.15, 0.2) is 90.1 Å². The second-order valence-corrected chi connectivity index (χ2v) is 8.01. The first-order valence-electron chi connectivity index (χ1n) is 9.66. The highest BCUT2D eigenvalue weighted by Crippen LogP contribution is 2.23. The fraction of sp³-hybridized carbons (Fsp3) is 0.0870. The molecule has 4 rings (SSSR count). The van der Waals surface area contributed by atoms with Crippen LogP contribution < -0.4 is 10.6 Å². The number of halogens is 1. The lowest BCUT2D eigenvalue weighted by atomic mass is 10.3. The Bertz CT molecular complexity index is 1130. The van der Waals surface area contributed by atoms with Gasteiger partial charge >= 0.3 is 0 Å². The monoisotopic (exact) mass is 449 g/mol. The lowest BCUT2D eigenvalue weighted by Crippen LogP contribution is -2.14. The number of nitrogens with one attached hydrogen (secondary N) is 2. The molecule has 1 amide bonds. The van der Waals surface area contributed by atoms with Crippen LogP contribution in [0.4, 0.5) is 11.4 Å². The van der Waals surface area contributed by atoms with E-state index >= 15 is 0 Å². The summed E-state index contributed by atoms with van der Waals surface area (Å²) in [7, 11) is 0. The molecule has 0 saturated heterocycles. The zero-order chi connectivity index (χ0) is 21.5. The third-order valence-electron chi connectivity index (χ3n) is 4.40. The standard InChI is InChI=1S/C23H20ClN5OS/c24-17-11-13-18(14-12-17)25-15-21-27-28-23(29(21)20-9-5-2-6-10-20)31-16-22(30)26-19-7-3-1-4-8-19/h1-14,25H,15-16H2,(H,26,30). The lowest BCUT2D eigenvalue weighted by Gasteiger charge is -2.11. The normalized spacial score (nSPS) is 10.6. The van der Waals surface area contributed by atoms with Gasteiger partial charge in [0.15, 0.2) is 11.0 Å². The van der Waals surface area contributed by atoms with Crippen molar-refractivity contribution in [3.05, 3.63) is 95.8 Å². The Balaban J connectivity index is 1.49. The summed E-state index contributed by atoms with van der Waals surface area (Å²) in [4.78, 5) is 12.4. The van der Waals surface area contributed by atoms with Crippen molar-refractivity contribution in [2.45, 2.75) is 11.7 Å². The minimum atomic E-state index is -0.0975. The molecule has 1 aromatic heterocycles. The lowest BCUT2D eigenvalue weighted by molar-refractivity contribution is -0.113. The van der Waals surface area contributed by atoms with Gasteiger partial charge in [0.1, 0.15) is 0 Å². The number of benzene rings is 3. The molecule has 0 fully saturated rings. The molecule has 1 heterocycles. The Morgan fingerprint density at radius 1 is 0.871 bits per heavy atom. The van der Waals surface area contributed by atoms with Gasteiger partial charge in [-0.2, -0.15) is 0 Å². The summed E-state index contributed by atoms with van der Waals surface area (Å²) >= 11 is 7.30. The second-order valence-electron chi connectivity index (χ2n) is 6.63. The molecule has 0 aliphatic rings. The Labute approximate surface area is 189 Å². The average Bonchev–Trinajstić information content (AvgIpc) is 3.21. The van der Waals surface area contributed by atoms with E-state index in [1.165, 1.54) is 11.8 Å². The predicted octanol–water partition coefficient (Wildman–Crippen LogP) is 5.26. The molecule has 8 heteroatoms. The average molecular weight is 450 g/mol. The smallest absolute Gasteiger partial charge is 0.234 e. The van der Waals surface area contributed by atoms with Gasteiger partial charge in [0.05, 0.1) is 12.3 Å². The van der Waals surface area contributed by atoms with Crippen LogP contribution in [0.5, 0.6) is 0 Å². The van der Waals surface area contributed by atoms with Crippen LogP contribution in [0.1, 0.15) is 5.82 Å². The summed E-state index contributed by atoms with van der Waals surface area (Å²) in [5.74, 6) is 0.872. The van der Waals surface area contributed by atoms with E-state index < -0.39 is 0 Å². The molecule has 4 aromatic rings. The van der Waals surface area contributed by atoms with Gasteiger partial charge in [-0.15, -0.1) is 10.2 Å². The molecule has 0 unspecified atom stereocenters. The molecular formula is C23H20ClN5OS. The summed E-state index contributed by atoms with van der Waals surface area (Å²) in [5, 5.41) is 16.3. The van der Waals surface area contributed by atoms with E-state index in [9.17, 15) is 4.79 Å². The zero-order valence-electron chi connectivity index (χ0n) is 16.5. The van der Waals surface area contributed by atoms with E-state index in [1.54, 1.807) is 0 Å². The number of para-hydroxylation sites is 2. The molecule has 0 saturated carbocycles. The van der Waals surface area contributed by atoms with Crippen molar-refractivity contribution in [1.29, 1.82) is 0 Å². The van der Waals surface area contributed by atoms with Gasteiger partial charge in [0.25, 0.3) is 0 Å². The predicted molar refractivity (Wildman–Crippen MR) is 126 cm³/mol. The van der Waals surface area contributed by atoms with Crippen molar-refractivity contribution in [2.75, 3.05) is 16.4 Å². The highest BCUT2D eigenvalue weighted by atomic mass is 35.5. The van der Waals surface area contributed by atoms with Gasteiger partial charge in [-0.1, -0.05) is 59.8 Å². The van der Waals surface area contributed by atoms with E-state index in [2.05, 4.69) is 20.8 Å². The first kappa shape index (κ1) is 21.0. The number of carbonyl (C=O) groups is 1. The van der Waals surface area contributed by atoms with Crippen molar-refractivity contribution in [1.82, 2.24) is 14.8 Å². The first-order valence-corrected chi connectivity index (χ1v) is 11.0. The molecule has 0 aliphatic carbocycles. The molecule has 31 heavy (non-hydrogen) atoms. The summed E-state index contributed by atoms with van der Waals surface area (Å²) in [6.45, 7) is 0.473. The minimum absolute atomic E-state index is 0.0975. The number of nitrogens with zero attached hydrogens (tertiary/aromatic N) is 3. The third-order valence-corrected chi connectivity index (χ3v) is 5.58. The SMILES string of the molecule is O=C(CSc1nnc(CNc2ccc(Cl)cc2)n1-c1ccccc1)Nc1ccccc1. The maximum absolute atomic E-state index is 12.4. The van der Waals surface area contributed by atoms with Crippen molar-refractivity contribution in [3.63, 3.8) is 0 Å². The van der Waals surface area contributed by atoms with Gasteiger partial charge in [-0.05, 0) is 48.5 Å². The Kier molecular flexibility index (Phi) is 6.86. The maximum atomic E-state index is 12.4.